The highest BCUT2D eigenvalue weighted by molar-refractivity contribution is 7.80. The molecular weight excluding hydrogens is 286 g/mol. The van der Waals surface area contributed by atoms with E-state index in [1.807, 2.05) is 32.0 Å². The minimum atomic E-state index is -0.0484. The van der Waals surface area contributed by atoms with E-state index in [9.17, 15) is 4.79 Å². The molecule has 0 unspecified atom stereocenters. The lowest BCUT2D eigenvalue weighted by Gasteiger charge is -2.11. The zero-order valence-corrected chi connectivity index (χ0v) is 13.2. The maximum Gasteiger partial charge on any atom is 0.328 e. The molecule has 112 valence electrons. The lowest BCUT2D eigenvalue weighted by atomic mass is 10.1. The monoisotopic (exact) mass is 305 g/mol. The number of benzene rings is 1. The highest BCUT2D eigenvalue weighted by Gasteiger charge is 2.11. The first-order chi connectivity index (χ1) is 9.93. The van der Waals surface area contributed by atoms with Crippen LogP contribution < -0.4 is 16.2 Å². The van der Waals surface area contributed by atoms with Crippen molar-refractivity contribution in [1.82, 2.24) is 9.13 Å². The van der Waals surface area contributed by atoms with Gasteiger partial charge in [-0.05, 0) is 32.0 Å². The van der Waals surface area contributed by atoms with E-state index >= 15 is 0 Å². The van der Waals surface area contributed by atoms with Gasteiger partial charge in [0.05, 0.1) is 13.7 Å². The molecule has 21 heavy (non-hydrogen) atoms. The topological polar surface area (TPSA) is 62.2 Å². The van der Waals surface area contributed by atoms with Gasteiger partial charge in [0.2, 0.25) is 0 Å². The third-order valence-corrected chi connectivity index (χ3v) is 3.57. The molecule has 1 aromatic carbocycles. The summed E-state index contributed by atoms with van der Waals surface area (Å²) in [6, 6.07) is 5.62. The maximum atomic E-state index is 12.3. The number of hydrogen-bond acceptors (Lipinski definition) is 3. The molecule has 6 heteroatoms. The Labute approximate surface area is 129 Å². The summed E-state index contributed by atoms with van der Waals surface area (Å²) in [4.78, 5) is 12.6. The van der Waals surface area contributed by atoms with Gasteiger partial charge in [-0.3, -0.25) is 9.13 Å². The summed E-state index contributed by atoms with van der Waals surface area (Å²) in [5, 5.41) is 0. The Kier molecular flexibility index (Phi) is 4.47. The Morgan fingerprint density at radius 2 is 2.10 bits per heavy atom. The van der Waals surface area contributed by atoms with Gasteiger partial charge in [0.15, 0.2) is 0 Å². The second-order valence-electron chi connectivity index (χ2n) is 5.10. The van der Waals surface area contributed by atoms with E-state index in [1.165, 1.54) is 0 Å². The minimum Gasteiger partial charge on any atom is -0.496 e. The molecule has 0 aliphatic carbocycles. The van der Waals surface area contributed by atoms with Gasteiger partial charge in [0.25, 0.3) is 0 Å². The van der Waals surface area contributed by atoms with Crippen molar-refractivity contribution >= 4 is 17.2 Å². The number of ether oxygens (including phenoxy) is 1. The van der Waals surface area contributed by atoms with Gasteiger partial charge >= 0.3 is 5.69 Å². The van der Waals surface area contributed by atoms with E-state index in [2.05, 4.69) is 0 Å². The second-order valence-corrected chi connectivity index (χ2v) is 5.54. The van der Waals surface area contributed by atoms with Crippen LogP contribution in [0.2, 0.25) is 0 Å². The molecule has 0 radical (unpaired) electrons. The van der Waals surface area contributed by atoms with Crippen molar-refractivity contribution in [2.75, 3.05) is 7.11 Å². The van der Waals surface area contributed by atoms with E-state index in [0.29, 0.717) is 17.3 Å². The maximum absolute atomic E-state index is 12.3. The standard InChI is InChI=1S/C15H19N3O2S/c1-10(2)18-7-6-17(15(18)19)9-12-8-11(14(16)21)4-5-13(12)20-3/h4-8,10H,9H2,1-3H3,(H2,16,21). The van der Waals surface area contributed by atoms with Crippen molar-refractivity contribution in [3.63, 3.8) is 0 Å². The summed E-state index contributed by atoms with van der Waals surface area (Å²) in [6.07, 6.45) is 3.56. The van der Waals surface area contributed by atoms with Gasteiger partial charge < -0.3 is 10.5 Å². The van der Waals surface area contributed by atoms with Crippen LogP contribution in [0.3, 0.4) is 0 Å². The fourth-order valence-corrected chi connectivity index (χ4v) is 2.31. The Morgan fingerprint density at radius 3 is 2.62 bits per heavy atom. The zero-order chi connectivity index (χ0) is 15.6. The van der Waals surface area contributed by atoms with Gasteiger partial charge in [-0.2, -0.15) is 0 Å². The quantitative estimate of drug-likeness (QED) is 0.857. The molecule has 0 saturated heterocycles. The molecule has 5 nitrogen and oxygen atoms in total. The molecule has 0 saturated carbocycles. The fourth-order valence-electron chi connectivity index (χ4n) is 2.18. The van der Waals surface area contributed by atoms with Gasteiger partial charge in [0.1, 0.15) is 10.7 Å². The zero-order valence-electron chi connectivity index (χ0n) is 12.4. The SMILES string of the molecule is COc1ccc(C(N)=S)cc1Cn1ccn(C(C)C)c1=O. The van der Waals surface area contributed by atoms with Crippen LogP contribution in [0.15, 0.2) is 35.4 Å². The normalized spacial score (nSPS) is 10.9. The number of nitrogens with two attached hydrogens (primary N) is 1. The predicted molar refractivity (Wildman–Crippen MR) is 87.1 cm³/mol. The number of aromatic nitrogens is 2. The molecule has 0 aliphatic rings. The molecule has 0 aliphatic heterocycles. The molecule has 0 fully saturated rings. The predicted octanol–water partition coefficient (Wildman–Crippen LogP) is 1.92. The average Bonchev–Trinajstić information content (AvgIpc) is 2.80. The van der Waals surface area contributed by atoms with Crippen LogP contribution in [-0.4, -0.2) is 21.2 Å². The number of rotatable bonds is 5. The number of imidazole rings is 1. The highest BCUT2D eigenvalue weighted by atomic mass is 32.1. The molecule has 0 spiro atoms. The van der Waals surface area contributed by atoms with E-state index in [1.54, 1.807) is 28.6 Å². The first kappa shape index (κ1) is 15.3. The second kappa shape index (κ2) is 6.13. The Balaban J connectivity index is 2.41. The van der Waals surface area contributed by atoms with Crippen LogP contribution in [0, 0.1) is 0 Å². The molecule has 0 amide bonds. The first-order valence-electron chi connectivity index (χ1n) is 6.68. The van der Waals surface area contributed by atoms with Crippen LogP contribution in [0.25, 0.3) is 0 Å². The summed E-state index contributed by atoms with van der Waals surface area (Å²) in [7, 11) is 1.60. The first-order valence-corrected chi connectivity index (χ1v) is 7.09. The Bertz CT molecular complexity index is 716. The van der Waals surface area contributed by atoms with Crippen molar-refractivity contribution in [3.05, 3.63) is 52.2 Å². The third kappa shape index (κ3) is 3.16. The van der Waals surface area contributed by atoms with Crippen LogP contribution >= 0.6 is 12.2 Å². The van der Waals surface area contributed by atoms with E-state index in [-0.39, 0.29) is 11.7 Å². The highest BCUT2D eigenvalue weighted by Crippen LogP contribution is 2.20. The van der Waals surface area contributed by atoms with E-state index < -0.39 is 0 Å². The largest absolute Gasteiger partial charge is 0.496 e. The number of nitrogens with zero attached hydrogens (tertiary/aromatic N) is 2. The summed E-state index contributed by atoms with van der Waals surface area (Å²) >= 11 is 4.99. The molecule has 2 N–H and O–H groups in total. The number of methoxy groups -OCH3 is 1. The fraction of sp³-hybridized carbons (Fsp3) is 0.333. The molecule has 1 heterocycles. The van der Waals surface area contributed by atoms with Crippen LogP contribution in [-0.2, 0) is 6.54 Å². The molecule has 2 rings (SSSR count). The number of thiocarbonyl (C=S) groups is 1. The van der Waals surface area contributed by atoms with Crippen molar-refractivity contribution in [3.8, 4) is 5.75 Å². The smallest absolute Gasteiger partial charge is 0.328 e. The third-order valence-electron chi connectivity index (χ3n) is 3.34. The van der Waals surface area contributed by atoms with Crippen molar-refractivity contribution in [2.45, 2.75) is 26.4 Å². The Hall–Kier alpha value is -2.08. The average molecular weight is 305 g/mol. The van der Waals surface area contributed by atoms with Crippen molar-refractivity contribution in [1.29, 1.82) is 0 Å². The summed E-state index contributed by atoms with van der Waals surface area (Å²) in [5.41, 5.74) is 7.24. The summed E-state index contributed by atoms with van der Waals surface area (Å²) in [6.45, 7) is 4.36. The molecule has 0 bridgehead atoms. The summed E-state index contributed by atoms with van der Waals surface area (Å²) in [5.74, 6) is 0.708. The molecule has 1 aromatic heterocycles. The molecular formula is C15H19N3O2S. The summed E-state index contributed by atoms with van der Waals surface area (Å²) < 4.78 is 8.66. The van der Waals surface area contributed by atoms with Crippen molar-refractivity contribution < 1.29 is 4.74 Å². The van der Waals surface area contributed by atoms with E-state index in [4.69, 9.17) is 22.7 Å². The lowest BCUT2D eigenvalue weighted by Crippen LogP contribution is -2.25. The van der Waals surface area contributed by atoms with Crippen LogP contribution in [0.1, 0.15) is 31.0 Å². The van der Waals surface area contributed by atoms with Gasteiger partial charge in [-0.15, -0.1) is 0 Å². The molecule has 0 atom stereocenters. The van der Waals surface area contributed by atoms with Gasteiger partial charge in [-0.25, -0.2) is 4.79 Å². The van der Waals surface area contributed by atoms with Crippen molar-refractivity contribution in [2.24, 2.45) is 5.73 Å². The molecule has 2 aromatic rings. The van der Waals surface area contributed by atoms with Gasteiger partial charge in [-0.1, -0.05) is 12.2 Å². The van der Waals surface area contributed by atoms with Crippen LogP contribution in [0.5, 0.6) is 5.75 Å². The van der Waals surface area contributed by atoms with Crippen LogP contribution in [0.4, 0.5) is 0 Å². The minimum absolute atomic E-state index is 0.0484. The number of hydrogen-bond donors (Lipinski definition) is 1. The Morgan fingerprint density at radius 1 is 1.38 bits per heavy atom. The lowest BCUT2D eigenvalue weighted by molar-refractivity contribution is 0.408. The van der Waals surface area contributed by atoms with E-state index in [0.717, 1.165) is 11.1 Å². The van der Waals surface area contributed by atoms with Gasteiger partial charge in [0, 0.05) is 29.6 Å².